The summed E-state index contributed by atoms with van der Waals surface area (Å²) in [4.78, 5) is 10.8. The van der Waals surface area contributed by atoms with Crippen LogP contribution in [0.15, 0.2) is 36.4 Å². The molecule has 1 N–H and O–H groups in total. The fourth-order valence-electron chi connectivity index (χ4n) is 2.06. The maximum atomic E-state index is 13.9. The van der Waals surface area contributed by atoms with Gasteiger partial charge in [0.15, 0.2) is 0 Å². The second kappa shape index (κ2) is 4.61. The van der Waals surface area contributed by atoms with Gasteiger partial charge in [0.25, 0.3) is 0 Å². The van der Waals surface area contributed by atoms with Gasteiger partial charge in [-0.05, 0) is 48.7 Å². The van der Waals surface area contributed by atoms with Crippen molar-refractivity contribution < 1.29 is 14.3 Å². The topological polar surface area (TPSA) is 37.3 Å². The molecule has 18 heavy (non-hydrogen) atoms. The largest absolute Gasteiger partial charge is 0.478 e. The summed E-state index contributed by atoms with van der Waals surface area (Å²) < 4.78 is 13.9. The molecule has 0 aliphatic heterocycles. The molecular formula is C15H13FO2. The molecule has 0 amide bonds. The van der Waals surface area contributed by atoms with E-state index in [1.54, 1.807) is 12.1 Å². The van der Waals surface area contributed by atoms with E-state index in [9.17, 15) is 9.18 Å². The van der Waals surface area contributed by atoms with Crippen molar-refractivity contribution in [2.24, 2.45) is 0 Å². The molecule has 0 aliphatic rings. The van der Waals surface area contributed by atoms with Crippen molar-refractivity contribution in [2.75, 3.05) is 0 Å². The van der Waals surface area contributed by atoms with Gasteiger partial charge in [0.2, 0.25) is 0 Å². The van der Waals surface area contributed by atoms with Gasteiger partial charge < -0.3 is 5.11 Å². The number of hydrogen-bond donors (Lipinski definition) is 1. The molecule has 0 atom stereocenters. The van der Waals surface area contributed by atoms with Gasteiger partial charge in [-0.2, -0.15) is 0 Å². The third-order valence-electron chi connectivity index (χ3n) is 2.85. The molecule has 92 valence electrons. The first-order valence-electron chi connectivity index (χ1n) is 5.59. The number of carbonyl (C=O) groups is 1. The Kier molecular flexibility index (Phi) is 3.15. The first kappa shape index (κ1) is 12.3. The summed E-state index contributed by atoms with van der Waals surface area (Å²) in [6.07, 6.45) is 0. The van der Waals surface area contributed by atoms with E-state index in [0.29, 0.717) is 11.1 Å². The van der Waals surface area contributed by atoms with Crippen LogP contribution in [0, 0.1) is 19.7 Å². The molecular weight excluding hydrogens is 231 g/mol. The van der Waals surface area contributed by atoms with Gasteiger partial charge in [-0.3, -0.25) is 0 Å². The molecule has 0 heterocycles. The predicted octanol–water partition coefficient (Wildman–Crippen LogP) is 3.81. The quantitative estimate of drug-likeness (QED) is 0.872. The first-order valence-corrected chi connectivity index (χ1v) is 5.59. The van der Waals surface area contributed by atoms with Crippen LogP contribution in [0.5, 0.6) is 0 Å². The Morgan fingerprint density at radius 3 is 2.22 bits per heavy atom. The number of rotatable bonds is 2. The number of carboxylic acids is 1. The minimum Gasteiger partial charge on any atom is -0.478 e. The maximum absolute atomic E-state index is 13.9. The van der Waals surface area contributed by atoms with Crippen LogP contribution in [-0.2, 0) is 0 Å². The van der Waals surface area contributed by atoms with Gasteiger partial charge in [0, 0.05) is 5.56 Å². The molecule has 0 saturated heterocycles. The van der Waals surface area contributed by atoms with E-state index < -0.39 is 5.97 Å². The lowest BCUT2D eigenvalue weighted by atomic mass is 9.97. The van der Waals surface area contributed by atoms with Gasteiger partial charge >= 0.3 is 5.97 Å². The van der Waals surface area contributed by atoms with Crippen molar-refractivity contribution in [3.8, 4) is 11.1 Å². The second-order valence-corrected chi connectivity index (χ2v) is 4.32. The van der Waals surface area contributed by atoms with Crippen LogP contribution in [-0.4, -0.2) is 11.1 Å². The fourth-order valence-corrected chi connectivity index (χ4v) is 2.06. The number of benzene rings is 2. The summed E-state index contributed by atoms with van der Waals surface area (Å²) in [6, 6.07) is 9.61. The lowest BCUT2D eigenvalue weighted by Gasteiger charge is -2.09. The molecule has 0 spiro atoms. The number of halogens is 1. The Bertz CT molecular complexity index is 577. The van der Waals surface area contributed by atoms with Gasteiger partial charge in [-0.15, -0.1) is 0 Å². The van der Waals surface area contributed by atoms with Crippen LogP contribution in [0.2, 0.25) is 0 Å². The van der Waals surface area contributed by atoms with Crippen LogP contribution in [0.4, 0.5) is 4.39 Å². The van der Waals surface area contributed by atoms with Crippen molar-refractivity contribution >= 4 is 5.97 Å². The van der Waals surface area contributed by atoms with Gasteiger partial charge in [-0.25, -0.2) is 9.18 Å². The highest BCUT2D eigenvalue weighted by molar-refractivity contribution is 5.88. The van der Waals surface area contributed by atoms with Crippen LogP contribution < -0.4 is 0 Å². The second-order valence-electron chi connectivity index (χ2n) is 4.32. The van der Waals surface area contributed by atoms with E-state index in [-0.39, 0.29) is 11.4 Å². The summed E-state index contributed by atoms with van der Waals surface area (Å²) in [7, 11) is 0. The summed E-state index contributed by atoms with van der Waals surface area (Å²) >= 11 is 0. The highest BCUT2D eigenvalue weighted by Gasteiger charge is 2.10. The van der Waals surface area contributed by atoms with Crippen molar-refractivity contribution in [3.63, 3.8) is 0 Å². The van der Waals surface area contributed by atoms with E-state index in [4.69, 9.17) is 5.11 Å². The Labute approximate surface area is 105 Å². The zero-order valence-electron chi connectivity index (χ0n) is 10.2. The molecule has 2 aromatic rings. The standard InChI is InChI=1S/C15H13FO2/c1-9-7-10(2)14(13(16)8-9)11-3-5-12(6-4-11)15(17)18/h3-8H,1-2H3,(H,17,18). The molecule has 0 unspecified atom stereocenters. The molecule has 0 radical (unpaired) electrons. The Morgan fingerprint density at radius 2 is 1.72 bits per heavy atom. The Morgan fingerprint density at radius 1 is 1.11 bits per heavy atom. The summed E-state index contributed by atoms with van der Waals surface area (Å²) in [5, 5.41) is 8.82. The van der Waals surface area contributed by atoms with Crippen molar-refractivity contribution in [3.05, 3.63) is 58.9 Å². The highest BCUT2D eigenvalue weighted by Crippen LogP contribution is 2.27. The maximum Gasteiger partial charge on any atom is 0.335 e. The molecule has 0 aromatic heterocycles. The summed E-state index contributed by atoms with van der Waals surface area (Å²) in [6.45, 7) is 3.68. The molecule has 2 rings (SSSR count). The monoisotopic (exact) mass is 244 g/mol. The number of hydrogen-bond acceptors (Lipinski definition) is 1. The highest BCUT2D eigenvalue weighted by atomic mass is 19.1. The van der Waals surface area contributed by atoms with Gasteiger partial charge in [0.1, 0.15) is 5.82 Å². The van der Waals surface area contributed by atoms with E-state index in [2.05, 4.69) is 0 Å². The van der Waals surface area contributed by atoms with Crippen molar-refractivity contribution in [2.45, 2.75) is 13.8 Å². The van der Waals surface area contributed by atoms with E-state index in [1.165, 1.54) is 18.2 Å². The van der Waals surface area contributed by atoms with Crippen LogP contribution in [0.3, 0.4) is 0 Å². The smallest absolute Gasteiger partial charge is 0.335 e. The number of carboxylic acid groups (broad SMARTS) is 1. The van der Waals surface area contributed by atoms with Crippen molar-refractivity contribution in [1.82, 2.24) is 0 Å². The molecule has 3 heteroatoms. The Hall–Kier alpha value is -2.16. The predicted molar refractivity (Wildman–Crippen MR) is 68.3 cm³/mol. The minimum absolute atomic E-state index is 0.198. The van der Waals surface area contributed by atoms with E-state index >= 15 is 0 Å². The van der Waals surface area contributed by atoms with Gasteiger partial charge in [0.05, 0.1) is 5.56 Å². The Balaban J connectivity index is 2.52. The molecule has 0 saturated carbocycles. The lowest BCUT2D eigenvalue weighted by molar-refractivity contribution is 0.0697. The fraction of sp³-hybridized carbons (Fsp3) is 0.133. The minimum atomic E-state index is -0.984. The molecule has 0 aliphatic carbocycles. The van der Waals surface area contributed by atoms with E-state index in [0.717, 1.165) is 11.1 Å². The normalized spacial score (nSPS) is 10.4. The van der Waals surface area contributed by atoms with Gasteiger partial charge in [-0.1, -0.05) is 18.2 Å². The average Bonchev–Trinajstić information content (AvgIpc) is 2.28. The summed E-state index contributed by atoms with van der Waals surface area (Å²) in [5.41, 5.74) is 3.13. The molecule has 2 aromatic carbocycles. The van der Waals surface area contributed by atoms with Crippen LogP contribution in [0.1, 0.15) is 21.5 Å². The average molecular weight is 244 g/mol. The third-order valence-corrected chi connectivity index (χ3v) is 2.85. The van der Waals surface area contributed by atoms with E-state index in [1.807, 2.05) is 19.9 Å². The lowest BCUT2D eigenvalue weighted by Crippen LogP contribution is -1.96. The molecule has 2 nitrogen and oxygen atoms in total. The third kappa shape index (κ3) is 2.25. The molecule has 0 bridgehead atoms. The van der Waals surface area contributed by atoms with Crippen molar-refractivity contribution in [1.29, 1.82) is 0 Å². The number of aryl methyl sites for hydroxylation is 2. The summed E-state index contributed by atoms with van der Waals surface area (Å²) in [5.74, 6) is -1.27. The SMILES string of the molecule is Cc1cc(C)c(-c2ccc(C(=O)O)cc2)c(F)c1. The molecule has 0 fully saturated rings. The van der Waals surface area contributed by atoms with Crippen LogP contribution >= 0.6 is 0 Å². The van der Waals surface area contributed by atoms with Crippen LogP contribution in [0.25, 0.3) is 11.1 Å². The number of aromatic carboxylic acids is 1. The zero-order valence-corrected chi connectivity index (χ0v) is 10.2. The zero-order chi connectivity index (χ0) is 13.3. The first-order chi connectivity index (χ1) is 8.49.